The monoisotopic (exact) mass is 218 g/mol. The second-order valence-electron chi connectivity index (χ2n) is 3.69. The summed E-state index contributed by atoms with van der Waals surface area (Å²) >= 11 is 0. The Morgan fingerprint density at radius 3 is 2.69 bits per heavy atom. The van der Waals surface area contributed by atoms with Crippen molar-refractivity contribution in [1.82, 2.24) is 4.90 Å². The first-order chi connectivity index (χ1) is 7.56. The molecule has 0 heterocycles. The lowest BCUT2D eigenvalue weighted by atomic mass is 10.2. The summed E-state index contributed by atoms with van der Waals surface area (Å²) in [6, 6.07) is 5.78. The van der Waals surface area contributed by atoms with E-state index in [1.165, 1.54) is 6.20 Å². The molecule has 0 saturated carbocycles. The Kier molecular flexibility index (Phi) is 3.94. The number of benzene rings is 1. The SMILES string of the molecule is C=CN=C(Nc1c(C)cccc1N)N(C)C. The van der Waals surface area contributed by atoms with Gasteiger partial charge in [-0.15, -0.1) is 0 Å². The molecule has 1 aromatic carbocycles. The third-order valence-electron chi connectivity index (χ3n) is 2.18. The molecule has 0 atom stereocenters. The lowest BCUT2D eigenvalue weighted by Gasteiger charge is -2.19. The summed E-state index contributed by atoms with van der Waals surface area (Å²) < 4.78 is 0. The molecule has 0 radical (unpaired) electrons. The van der Waals surface area contributed by atoms with E-state index in [0.717, 1.165) is 11.3 Å². The van der Waals surface area contributed by atoms with Crippen LogP contribution >= 0.6 is 0 Å². The Hall–Kier alpha value is -1.97. The zero-order valence-electron chi connectivity index (χ0n) is 9.99. The number of rotatable bonds is 2. The number of aryl methyl sites for hydroxylation is 1. The standard InChI is InChI=1S/C12H18N4/c1-5-14-12(16(3)4)15-11-9(2)7-6-8-10(11)13/h5-8H,1,13H2,2-4H3,(H,14,15). The first kappa shape index (κ1) is 12.1. The zero-order chi connectivity index (χ0) is 12.1. The number of aliphatic imine (C=N–C) groups is 1. The molecule has 4 heteroatoms. The van der Waals surface area contributed by atoms with Crippen LogP contribution in [0.5, 0.6) is 0 Å². The molecule has 1 aromatic rings. The van der Waals surface area contributed by atoms with Crippen molar-refractivity contribution in [2.75, 3.05) is 25.1 Å². The van der Waals surface area contributed by atoms with Gasteiger partial charge in [-0.05, 0) is 18.6 Å². The van der Waals surface area contributed by atoms with Crippen LogP contribution in [0.15, 0.2) is 36.0 Å². The van der Waals surface area contributed by atoms with E-state index in [1.807, 2.05) is 44.1 Å². The van der Waals surface area contributed by atoms with Crippen LogP contribution in [0.2, 0.25) is 0 Å². The predicted octanol–water partition coefficient (Wildman–Crippen LogP) is 2.05. The molecule has 1 rings (SSSR count). The van der Waals surface area contributed by atoms with Crippen molar-refractivity contribution in [3.05, 3.63) is 36.5 Å². The summed E-state index contributed by atoms with van der Waals surface area (Å²) in [4.78, 5) is 6.01. The van der Waals surface area contributed by atoms with E-state index < -0.39 is 0 Å². The number of para-hydroxylation sites is 1. The van der Waals surface area contributed by atoms with E-state index >= 15 is 0 Å². The van der Waals surface area contributed by atoms with Gasteiger partial charge in [0.25, 0.3) is 0 Å². The van der Waals surface area contributed by atoms with Crippen molar-refractivity contribution in [2.24, 2.45) is 4.99 Å². The van der Waals surface area contributed by atoms with Crippen molar-refractivity contribution < 1.29 is 0 Å². The van der Waals surface area contributed by atoms with Gasteiger partial charge < -0.3 is 16.0 Å². The van der Waals surface area contributed by atoms with Gasteiger partial charge in [-0.1, -0.05) is 18.7 Å². The average molecular weight is 218 g/mol. The molecule has 0 amide bonds. The lowest BCUT2D eigenvalue weighted by molar-refractivity contribution is 0.620. The van der Waals surface area contributed by atoms with Crippen LogP contribution in [0.1, 0.15) is 5.56 Å². The molecule has 4 nitrogen and oxygen atoms in total. The second kappa shape index (κ2) is 5.21. The number of nitrogens with zero attached hydrogens (tertiary/aromatic N) is 2. The number of anilines is 2. The van der Waals surface area contributed by atoms with E-state index in [4.69, 9.17) is 5.73 Å². The van der Waals surface area contributed by atoms with Gasteiger partial charge in [-0.3, -0.25) is 0 Å². The molecule has 86 valence electrons. The summed E-state index contributed by atoms with van der Waals surface area (Å²) in [6.45, 7) is 5.58. The Labute approximate surface area is 96.5 Å². The Bertz CT molecular complexity index is 387. The third kappa shape index (κ3) is 2.76. The van der Waals surface area contributed by atoms with Crippen LogP contribution in [-0.2, 0) is 0 Å². The third-order valence-corrected chi connectivity index (χ3v) is 2.18. The predicted molar refractivity (Wildman–Crippen MR) is 70.5 cm³/mol. The minimum Gasteiger partial charge on any atom is -0.397 e. The highest BCUT2D eigenvalue weighted by molar-refractivity contribution is 5.97. The maximum Gasteiger partial charge on any atom is 0.202 e. The fraction of sp³-hybridized carbons (Fsp3) is 0.250. The van der Waals surface area contributed by atoms with E-state index in [9.17, 15) is 0 Å². The molecule has 0 bridgehead atoms. The average Bonchev–Trinajstić information content (AvgIpc) is 2.21. The fourth-order valence-electron chi connectivity index (χ4n) is 1.32. The number of nitrogens with one attached hydrogen (secondary N) is 1. The van der Waals surface area contributed by atoms with Crippen molar-refractivity contribution >= 4 is 17.3 Å². The van der Waals surface area contributed by atoms with Gasteiger partial charge in [0, 0.05) is 20.3 Å². The highest BCUT2D eigenvalue weighted by Gasteiger charge is 2.06. The molecule has 0 saturated heterocycles. The molecule has 0 aliphatic carbocycles. The van der Waals surface area contributed by atoms with E-state index in [2.05, 4.69) is 16.9 Å². The summed E-state index contributed by atoms with van der Waals surface area (Å²) in [5, 5.41) is 3.20. The molecule has 0 aliphatic heterocycles. The largest absolute Gasteiger partial charge is 0.397 e. The smallest absolute Gasteiger partial charge is 0.202 e. The highest BCUT2D eigenvalue weighted by Crippen LogP contribution is 2.22. The van der Waals surface area contributed by atoms with Gasteiger partial charge in [-0.2, -0.15) is 0 Å². The molecule has 3 N–H and O–H groups in total. The van der Waals surface area contributed by atoms with Crippen LogP contribution in [-0.4, -0.2) is 25.0 Å². The van der Waals surface area contributed by atoms with Gasteiger partial charge >= 0.3 is 0 Å². The van der Waals surface area contributed by atoms with Crippen LogP contribution in [0, 0.1) is 6.92 Å². The Balaban J connectivity index is 3.03. The Morgan fingerprint density at radius 2 is 2.19 bits per heavy atom. The molecular formula is C12H18N4. The van der Waals surface area contributed by atoms with Crippen LogP contribution in [0.25, 0.3) is 0 Å². The molecule has 0 unspecified atom stereocenters. The number of hydrogen-bond donors (Lipinski definition) is 2. The normalized spacial score (nSPS) is 11.1. The molecule has 0 spiro atoms. The highest BCUT2D eigenvalue weighted by atomic mass is 15.3. The first-order valence-electron chi connectivity index (χ1n) is 5.04. The lowest BCUT2D eigenvalue weighted by Crippen LogP contribution is -2.29. The maximum atomic E-state index is 5.90. The van der Waals surface area contributed by atoms with Gasteiger partial charge in [-0.25, -0.2) is 4.99 Å². The zero-order valence-corrected chi connectivity index (χ0v) is 9.99. The Morgan fingerprint density at radius 1 is 1.50 bits per heavy atom. The van der Waals surface area contributed by atoms with Gasteiger partial charge in [0.05, 0.1) is 11.4 Å². The summed E-state index contributed by atoms with van der Waals surface area (Å²) in [7, 11) is 3.81. The minimum atomic E-state index is 0.705. The quantitative estimate of drug-likeness (QED) is 0.454. The van der Waals surface area contributed by atoms with Crippen molar-refractivity contribution in [1.29, 1.82) is 0 Å². The molecule has 16 heavy (non-hydrogen) atoms. The molecule has 0 fully saturated rings. The van der Waals surface area contributed by atoms with Gasteiger partial charge in [0.1, 0.15) is 0 Å². The fourth-order valence-corrected chi connectivity index (χ4v) is 1.32. The number of nitrogens with two attached hydrogens (primary N) is 1. The van der Waals surface area contributed by atoms with Crippen LogP contribution in [0.3, 0.4) is 0 Å². The number of nitrogen functional groups attached to an aromatic ring is 1. The summed E-state index contributed by atoms with van der Waals surface area (Å²) in [5.41, 5.74) is 8.58. The molecule has 0 aliphatic rings. The van der Waals surface area contributed by atoms with Crippen molar-refractivity contribution in [3.63, 3.8) is 0 Å². The summed E-state index contributed by atoms with van der Waals surface area (Å²) in [6.07, 6.45) is 1.50. The van der Waals surface area contributed by atoms with Crippen LogP contribution < -0.4 is 11.1 Å². The van der Waals surface area contributed by atoms with Crippen molar-refractivity contribution in [3.8, 4) is 0 Å². The maximum absolute atomic E-state index is 5.90. The molecular weight excluding hydrogens is 200 g/mol. The van der Waals surface area contributed by atoms with E-state index in [-0.39, 0.29) is 0 Å². The number of guanidine groups is 1. The topological polar surface area (TPSA) is 53.6 Å². The first-order valence-corrected chi connectivity index (χ1v) is 5.04. The van der Waals surface area contributed by atoms with E-state index in [0.29, 0.717) is 11.6 Å². The second-order valence-corrected chi connectivity index (χ2v) is 3.69. The molecule has 0 aromatic heterocycles. The van der Waals surface area contributed by atoms with Gasteiger partial charge in [0.15, 0.2) is 0 Å². The minimum absolute atomic E-state index is 0.705. The van der Waals surface area contributed by atoms with Crippen LogP contribution in [0.4, 0.5) is 11.4 Å². The van der Waals surface area contributed by atoms with Crippen molar-refractivity contribution in [2.45, 2.75) is 6.92 Å². The number of hydrogen-bond acceptors (Lipinski definition) is 2. The summed E-state index contributed by atoms with van der Waals surface area (Å²) in [5.74, 6) is 0.705. The van der Waals surface area contributed by atoms with Gasteiger partial charge in [0.2, 0.25) is 5.96 Å². The van der Waals surface area contributed by atoms with E-state index in [1.54, 1.807) is 0 Å².